The van der Waals surface area contributed by atoms with Crippen molar-refractivity contribution in [3.05, 3.63) is 27.4 Å². The highest BCUT2D eigenvalue weighted by Crippen LogP contribution is 2.01. The second kappa shape index (κ2) is 6.62. The van der Waals surface area contributed by atoms with Crippen molar-refractivity contribution in [2.45, 2.75) is 26.4 Å². The van der Waals surface area contributed by atoms with Gasteiger partial charge >= 0.3 is 0 Å². The summed E-state index contributed by atoms with van der Waals surface area (Å²) in [5, 5.41) is 2.75. The first kappa shape index (κ1) is 14.7. The van der Waals surface area contributed by atoms with Gasteiger partial charge in [-0.25, -0.2) is 4.98 Å². The summed E-state index contributed by atoms with van der Waals surface area (Å²) in [4.78, 5) is 30.4. The number of nitrogens with one attached hydrogen (secondary N) is 2. The minimum Gasteiger partial charge on any atom is -0.376 e. The monoisotopic (exact) mass is 281 g/mol. The second-order valence-corrected chi connectivity index (χ2v) is 4.76. The lowest BCUT2D eigenvalue weighted by Crippen LogP contribution is -2.40. The van der Waals surface area contributed by atoms with Gasteiger partial charge in [0.25, 0.3) is 5.56 Å². The molecular formula is C13H19N3O4. The molecule has 2 rings (SSSR count). The molecular weight excluding hydrogens is 262 g/mol. The summed E-state index contributed by atoms with van der Waals surface area (Å²) in [7, 11) is 0. The Hall–Kier alpha value is -1.73. The van der Waals surface area contributed by atoms with E-state index in [9.17, 15) is 9.59 Å². The van der Waals surface area contributed by atoms with Crippen LogP contribution in [0.1, 0.15) is 17.1 Å². The molecule has 0 aromatic carbocycles. The number of aromatic nitrogens is 2. The smallest absolute Gasteiger partial charge is 0.254 e. The lowest BCUT2D eigenvalue weighted by atomic mass is 10.1. The molecule has 1 aromatic heterocycles. The largest absolute Gasteiger partial charge is 0.376 e. The van der Waals surface area contributed by atoms with Crippen molar-refractivity contribution >= 4 is 5.91 Å². The van der Waals surface area contributed by atoms with E-state index in [0.29, 0.717) is 43.4 Å². The zero-order chi connectivity index (χ0) is 14.5. The van der Waals surface area contributed by atoms with Crippen LogP contribution in [0, 0.1) is 13.8 Å². The molecule has 7 heteroatoms. The molecule has 0 unspecified atom stereocenters. The van der Waals surface area contributed by atoms with Gasteiger partial charge in [-0.1, -0.05) is 0 Å². The number of H-pyrrole nitrogens is 1. The number of hydrogen-bond acceptors (Lipinski definition) is 5. The van der Waals surface area contributed by atoms with Gasteiger partial charge in [-0.2, -0.15) is 0 Å². The van der Waals surface area contributed by atoms with Gasteiger partial charge in [-0.05, 0) is 13.8 Å². The Balaban J connectivity index is 1.89. The molecule has 0 saturated carbocycles. The lowest BCUT2D eigenvalue weighted by molar-refractivity contribution is -0.123. The number of rotatable bonds is 4. The Morgan fingerprint density at radius 2 is 2.25 bits per heavy atom. The molecule has 1 amide bonds. The van der Waals surface area contributed by atoms with Crippen molar-refractivity contribution in [2.24, 2.45) is 0 Å². The fourth-order valence-electron chi connectivity index (χ4n) is 2.06. The van der Waals surface area contributed by atoms with E-state index in [0.717, 1.165) is 0 Å². The lowest BCUT2D eigenvalue weighted by Gasteiger charge is -2.23. The summed E-state index contributed by atoms with van der Waals surface area (Å²) >= 11 is 0. The Kier molecular flexibility index (Phi) is 4.86. The van der Waals surface area contributed by atoms with Crippen molar-refractivity contribution < 1.29 is 14.3 Å². The molecule has 0 bridgehead atoms. The van der Waals surface area contributed by atoms with Crippen LogP contribution in [-0.4, -0.2) is 48.3 Å². The summed E-state index contributed by atoms with van der Waals surface area (Å²) in [6.07, 6.45) is -0.106. The average molecular weight is 281 g/mol. The van der Waals surface area contributed by atoms with E-state index >= 15 is 0 Å². The number of nitrogens with zero attached hydrogens (tertiary/aromatic N) is 1. The Morgan fingerprint density at radius 3 is 2.90 bits per heavy atom. The van der Waals surface area contributed by atoms with Crippen LogP contribution >= 0.6 is 0 Å². The Labute approximate surface area is 116 Å². The number of aromatic amines is 1. The van der Waals surface area contributed by atoms with E-state index < -0.39 is 0 Å². The van der Waals surface area contributed by atoms with Crippen LogP contribution in [0.2, 0.25) is 0 Å². The summed E-state index contributed by atoms with van der Waals surface area (Å²) in [5.41, 5.74) is 0.718. The van der Waals surface area contributed by atoms with E-state index in [1.54, 1.807) is 13.8 Å². The number of carbonyl (C=O) groups is 1. The zero-order valence-corrected chi connectivity index (χ0v) is 11.7. The van der Waals surface area contributed by atoms with Crippen molar-refractivity contribution in [3.8, 4) is 0 Å². The molecule has 1 atom stereocenters. The predicted molar refractivity (Wildman–Crippen MR) is 71.6 cm³/mol. The number of aryl methyl sites for hydroxylation is 2. The van der Waals surface area contributed by atoms with Crippen LogP contribution in [-0.2, 0) is 20.7 Å². The third-order valence-electron chi connectivity index (χ3n) is 3.09. The molecule has 0 radical (unpaired) electrons. The molecule has 0 aliphatic carbocycles. The van der Waals surface area contributed by atoms with Gasteiger partial charge in [0.2, 0.25) is 5.91 Å². The van der Waals surface area contributed by atoms with Crippen molar-refractivity contribution in [1.82, 2.24) is 15.3 Å². The van der Waals surface area contributed by atoms with Crippen LogP contribution in [0.3, 0.4) is 0 Å². The van der Waals surface area contributed by atoms with E-state index in [-0.39, 0.29) is 24.0 Å². The number of ether oxygens (including phenoxy) is 2. The minimum absolute atomic E-state index is 0.0159. The predicted octanol–water partition coefficient (Wildman–Crippen LogP) is -0.539. The van der Waals surface area contributed by atoms with E-state index in [1.807, 2.05) is 0 Å². The molecule has 1 aliphatic heterocycles. The molecule has 7 nitrogen and oxygen atoms in total. The number of hydrogen-bond donors (Lipinski definition) is 2. The molecule has 2 heterocycles. The highest BCUT2D eigenvalue weighted by atomic mass is 16.6. The molecule has 1 saturated heterocycles. The molecule has 1 fully saturated rings. The third-order valence-corrected chi connectivity index (χ3v) is 3.09. The highest BCUT2D eigenvalue weighted by Gasteiger charge is 2.16. The van der Waals surface area contributed by atoms with E-state index in [2.05, 4.69) is 15.3 Å². The molecule has 1 aliphatic rings. The molecule has 2 N–H and O–H groups in total. The Morgan fingerprint density at radius 1 is 1.45 bits per heavy atom. The SMILES string of the molecule is Cc1nc(C)c(CC(=O)NC[C@@H]2COCCO2)c(=O)[nH]1. The number of amides is 1. The standard InChI is InChI=1S/C13H19N3O4/c1-8-11(13(18)16-9(2)15-8)5-12(17)14-6-10-7-19-3-4-20-10/h10H,3-7H2,1-2H3,(H,14,17)(H,15,16,18)/t10-/m1/s1. The molecule has 110 valence electrons. The van der Waals surface area contributed by atoms with Gasteiger partial charge in [0.15, 0.2) is 0 Å². The molecule has 1 aromatic rings. The van der Waals surface area contributed by atoms with Gasteiger partial charge in [0, 0.05) is 17.8 Å². The van der Waals surface area contributed by atoms with E-state index in [1.165, 1.54) is 0 Å². The topological polar surface area (TPSA) is 93.3 Å². The van der Waals surface area contributed by atoms with Crippen LogP contribution in [0.25, 0.3) is 0 Å². The van der Waals surface area contributed by atoms with Crippen molar-refractivity contribution in [3.63, 3.8) is 0 Å². The quantitative estimate of drug-likeness (QED) is 0.773. The number of carbonyl (C=O) groups excluding carboxylic acids is 1. The molecule has 20 heavy (non-hydrogen) atoms. The van der Waals surface area contributed by atoms with Crippen LogP contribution in [0.4, 0.5) is 0 Å². The van der Waals surface area contributed by atoms with Gasteiger partial charge in [0.1, 0.15) is 5.82 Å². The summed E-state index contributed by atoms with van der Waals surface area (Å²) in [6, 6.07) is 0. The first-order valence-electron chi connectivity index (χ1n) is 6.58. The average Bonchev–Trinajstić information content (AvgIpc) is 2.42. The summed E-state index contributed by atoms with van der Waals surface area (Å²) < 4.78 is 10.7. The van der Waals surface area contributed by atoms with E-state index in [4.69, 9.17) is 9.47 Å². The van der Waals surface area contributed by atoms with Gasteiger partial charge < -0.3 is 19.8 Å². The van der Waals surface area contributed by atoms with Gasteiger partial charge in [0.05, 0.1) is 32.3 Å². The normalized spacial score (nSPS) is 18.8. The van der Waals surface area contributed by atoms with Crippen molar-refractivity contribution in [1.29, 1.82) is 0 Å². The van der Waals surface area contributed by atoms with Crippen LogP contribution in [0.15, 0.2) is 4.79 Å². The van der Waals surface area contributed by atoms with Gasteiger partial charge in [-0.3, -0.25) is 9.59 Å². The first-order valence-corrected chi connectivity index (χ1v) is 6.58. The first-order chi connectivity index (χ1) is 9.56. The van der Waals surface area contributed by atoms with Crippen LogP contribution < -0.4 is 10.9 Å². The molecule has 0 spiro atoms. The summed E-state index contributed by atoms with van der Waals surface area (Å²) in [6.45, 7) is 5.43. The maximum Gasteiger partial charge on any atom is 0.254 e. The summed E-state index contributed by atoms with van der Waals surface area (Å²) in [5.74, 6) is 0.322. The fraction of sp³-hybridized carbons (Fsp3) is 0.615. The highest BCUT2D eigenvalue weighted by molar-refractivity contribution is 5.78. The fourth-order valence-corrected chi connectivity index (χ4v) is 2.06. The maximum atomic E-state index is 11.9. The van der Waals surface area contributed by atoms with Crippen LogP contribution in [0.5, 0.6) is 0 Å². The second-order valence-electron chi connectivity index (χ2n) is 4.76. The maximum absolute atomic E-state index is 11.9. The van der Waals surface area contributed by atoms with Gasteiger partial charge in [-0.15, -0.1) is 0 Å². The third kappa shape index (κ3) is 3.88. The Bertz CT molecular complexity index is 535. The zero-order valence-electron chi connectivity index (χ0n) is 11.7. The van der Waals surface area contributed by atoms with Crippen molar-refractivity contribution in [2.75, 3.05) is 26.4 Å². The minimum atomic E-state index is -0.262.